The van der Waals surface area contributed by atoms with Crippen LogP contribution in [-0.2, 0) is 23.8 Å². The van der Waals surface area contributed by atoms with Crippen molar-refractivity contribution in [3.63, 3.8) is 0 Å². The van der Waals surface area contributed by atoms with Gasteiger partial charge in [-0.2, -0.15) is 0 Å². The van der Waals surface area contributed by atoms with Crippen LogP contribution >= 0.6 is 0 Å². The van der Waals surface area contributed by atoms with Crippen LogP contribution in [-0.4, -0.2) is 99.6 Å². The maximum Gasteiger partial charge on any atom is 0.306 e. The lowest BCUT2D eigenvalue weighted by Crippen LogP contribution is -2.61. The summed E-state index contributed by atoms with van der Waals surface area (Å²) in [5.41, 5.74) is 0. The molecule has 0 radical (unpaired) electrons. The molecule has 8 atom stereocenters. The van der Waals surface area contributed by atoms with E-state index in [9.17, 15) is 35.1 Å². The van der Waals surface area contributed by atoms with Crippen LogP contribution < -0.4 is 5.32 Å². The summed E-state index contributed by atoms with van der Waals surface area (Å²) in [6, 6.07) is -1.03. The Bertz CT molecular complexity index is 1700. The lowest BCUT2D eigenvalue weighted by Gasteiger charge is -2.41. The van der Waals surface area contributed by atoms with Crippen LogP contribution in [0.4, 0.5) is 0 Å². The van der Waals surface area contributed by atoms with E-state index in [-0.39, 0.29) is 19.4 Å². The van der Waals surface area contributed by atoms with E-state index in [0.717, 1.165) is 83.5 Å². The predicted octanol–water partition coefficient (Wildman–Crippen LogP) is 20.5. The molecule has 1 aliphatic heterocycles. The molecule has 1 saturated heterocycles. The number of allylic oxidation sites excluding steroid dienone is 9. The topological polar surface area (TPSA) is 175 Å². The van der Waals surface area contributed by atoms with Gasteiger partial charge in [-0.3, -0.25) is 9.59 Å². The minimum absolute atomic E-state index is 0.127. The molecule has 0 aromatic carbocycles. The number of aliphatic hydroxyl groups excluding tert-OH is 5. The highest BCUT2D eigenvalue weighted by Gasteiger charge is 2.47. The van der Waals surface area contributed by atoms with E-state index in [1.165, 1.54) is 238 Å². The minimum Gasteiger partial charge on any atom is -0.454 e. The fourth-order valence-electron chi connectivity index (χ4n) is 12.1. The van der Waals surface area contributed by atoms with Crippen LogP contribution in [0.25, 0.3) is 0 Å². The lowest BCUT2D eigenvalue weighted by atomic mass is 9.99. The molecule has 0 aliphatic carbocycles. The molecule has 0 spiro atoms. The van der Waals surface area contributed by atoms with Crippen LogP contribution in [0.15, 0.2) is 60.8 Å². The molecule has 1 heterocycles. The number of amides is 1. The van der Waals surface area contributed by atoms with Gasteiger partial charge in [0, 0.05) is 6.42 Å². The van der Waals surface area contributed by atoms with E-state index in [1.807, 2.05) is 6.08 Å². The number of ether oxygens (including phenoxy) is 3. The van der Waals surface area contributed by atoms with Crippen molar-refractivity contribution in [2.24, 2.45) is 0 Å². The highest BCUT2D eigenvalue weighted by molar-refractivity contribution is 5.80. The molecule has 8 unspecified atom stereocenters. The van der Waals surface area contributed by atoms with E-state index in [4.69, 9.17) is 14.2 Å². The number of hydrogen-bond donors (Lipinski definition) is 6. The van der Waals surface area contributed by atoms with Crippen molar-refractivity contribution >= 4 is 11.9 Å². The molecule has 90 heavy (non-hydrogen) atoms. The first-order valence-corrected chi connectivity index (χ1v) is 38.6. The van der Waals surface area contributed by atoms with Gasteiger partial charge in [0.05, 0.1) is 25.4 Å². The Morgan fingerprint density at radius 1 is 0.433 bits per heavy atom. The van der Waals surface area contributed by atoms with Gasteiger partial charge in [-0.05, 0) is 70.6 Å². The fourth-order valence-corrected chi connectivity index (χ4v) is 12.1. The molecule has 0 saturated carbocycles. The van der Waals surface area contributed by atoms with Crippen molar-refractivity contribution < 1.29 is 49.3 Å². The molecular formula is C79H145NO10. The van der Waals surface area contributed by atoms with Crippen molar-refractivity contribution in [2.45, 2.75) is 416 Å². The lowest BCUT2D eigenvalue weighted by molar-refractivity contribution is -0.305. The molecule has 6 N–H and O–H groups in total. The number of carbonyl (C=O) groups excluding carboxylic acids is 2. The summed E-state index contributed by atoms with van der Waals surface area (Å²) in [7, 11) is 0. The highest BCUT2D eigenvalue weighted by atomic mass is 16.7. The SMILES string of the molecule is CCCCC/C=C\C/C=C\C/C=C\C/C=C\CCCCCCCCCCCCC(O)C(=O)NC(COC1OC(CO)C(O)C(O)C1OC(=O)CCCCCCCCCCCCCCCCCCCCCCCCC)C(O)/C=C/CCCCCCCCCCCC. The third-order valence-electron chi connectivity index (χ3n) is 18.2. The predicted molar refractivity (Wildman–Crippen MR) is 380 cm³/mol. The summed E-state index contributed by atoms with van der Waals surface area (Å²) in [6.45, 7) is 5.82. The maximum absolute atomic E-state index is 13.5. The average molecular weight is 1270 g/mol. The molecule has 0 aromatic heterocycles. The van der Waals surface area contributed by atoms with Gasteiger partial charge in [0.1, 0.15) is 24.4 Å². The van der Waals surface area contributed by atoms with Crippen molar-refractivity contribution in [1.82, 2.24) is 5.32 Å². The number of aliphatic hydroxyl groups is 5. The number of unbranched alkanes of at least 4 members (excludes halogenated alkanes) is 45. The second-order valence-corrected chi connectivity index (χ2v) is 26.7. The molecule has 0 bridgehead atoms. The smallest absolute Gasteiger partial charge is 0.306 e. The number of rotatable bonds is 67. The van der Waals surface area contributed by atoms with Crippen LogP contribution in [0.1, 0.15) is 367 Å². The van der Waals surface area contributed by atoms with Gasteiger partial charge in [-0.1, -0.05) is 351 Å². The van der Waals surface area contributed by atoms with Gasteiger partial charge in [-0.25, -0.2) is 0 Å². The van der Waals surface area contributed by atoms with Gasteiger partial charge in [0.25, 0.3) is 0 Å². The van der Waals surface area contributed by atoms with Crippen LogP contribution in [0.5, 0.6) is 0 Å². The second kappa shape index (κ2) is 66.4. The summed E-state index contributed by atoms with van der Waals surface area (Å²) < 4.78 is 17.7. The number of nitrogens with one attached hydrogen (secondary N) is 1. The average Bonchev–Trinajstić information content (AvgIpc) is 1.11. The van der Waals surface area contributed by atoms with E-state index >= 15 is 0 Å². The maximum atomic E-state index is 13.5. The Balaban J connectivity index is 2.52. The van der Waals surface area contributed by atoms with Crippen molar-refractivity contribution in [3.05, 3.63) is 60.8 Å². The molecule has 1 amide bonds. The van der Waals surface area contributed by atoms with Crippen LogP contribution in [0.3, 0.4) is 0 Å². The molecule has 526 valence electrons. The van der Waals surface area contributed by atoms with Crippen LogP contribution in [0.2, 0.25) is 0 Å². The number of hydrogen-bond acceptors (Lipinski definition) is 10. The molecular weight excluding hydrogens is 1120 g/mol. The largest absolute Gasteiger partial charge is 0.454 e. The fraction of sp³-hybridized carbons (Fsp3) is 0.848. The molecule has 1 fully saturated rings. The van der Waals surface area contributed by atoms with Crippen LogP contribution in [0, 0.1) is 0 Å². The van der Waals surface area contributed by atoms with E-state index < -0.39 is 67.4 Å². The first-order valence-electron chi connectivity index (χ1n) is 38.6. The van der Waals surface area contributed by atoms with Crippen molar-refractivity contribution in [1.29, 1.82) is 0 Å². The zero-order valence-electron chi connectivity index (χ0n) is 58.8. The molecule has 1 aliphatic rings. The Morgan fingerprint density at radius 2 is 0.767 bits per heavy atom. The quantitative estimate of drug-likeness (QED) is 0.0195. The third-order valence-corrected chi connectivity index (χ3v) is 18.2. The normalized spacial score (nSPS) is 18.3. The van der Waals surface area contributed by atoms with Gasteiger partial charge >= 0.3 is 5.97 Å². The summed E-state index contributed by atoms with van der Waals surface area (Å²) in [5, 5.41) is 57.4. The van der Waals surface area contributed by atoms with E-state index in [1.54, 1.807) is 6.08 Å². The van der Waals surface area contributed by atoms with E-state index in [0.29, 0.717) is 12.8 Å². The second-order valence-electron chi connectivity index (χ2n) is 26.7. The molecule has 1 rings (SSSR count). The van der Waals surface area contributed by atoms with Crippen molar-refractivity contribution in [3.8, 4) is 0 Å². The van der Waals surface area contributed by atoms with E-state index in [2.05, 4.69) is 74.7 Å². The Labute approximate surface area is 554 Å². The van der Waals surface area contributed by atoms with Gasteiger partial charge in [0.15, 0.2) is 12.4 Å². The Morgan fingerprint density at radius 3 is 1.17 bits per heavy atom. The summed E-state index contributed by atoms with van der Waals surface area (Å²) in [4.78, 5) is 26.7. The first kappa shape index (κ1) is 85.4. The summed E-state index contributed by atoms with van der Waals surface area (Å²) in [6.07, 6.45) is 75.5. The van der Waals surface area contributed by atoms with Gasteiger partial charge in [0.2, 0.25) is 5.91 Å². The van der Waals surface area contributed by atoms with Gasteiger partial charge < -0.3 is 45.1 Å². The first-order chi connectivity index (χ1) is 44.2. The number of esters is 1. The Hall–Kier alpha value is -2.64. The summed E-state index contributed by atoms with van der Waals surface area (Å²) >= 11 is 0. The monoisotopic (exact) mass is 1270 g/mol. The zero-order valence-corrected chi connectivity index (χ0v) is 58.8. The minimum atomic E-state index is -1.61. The van der Waals surface area contributed by atoms with Crippen molar-refractivity contribution in [2.75, 3.05) is 13.2 Å². The Kier molecular flexibility index (Phi) is 63.0. The molecule has 11 heteroatoms. The summed E-state index contributed by atoms with van der Waals surface area (Å²) in [5.74, 6) is -1.18. The molecule has 11 nitrogen and oxygen atoms in total. The number of carbonyl (C=O) groups is 2. The third kappa shape index (κ3) is 52.7. The highest BCUT2D eigenvalue weighted by Crippen LogP contribution is 2.27. The molecule has 0 aromatic rings. The zero-order chi connectivity index (χ0) is 65.3. The standard InChI is InChI=1S/C79H145NO10/c1-4-7-10-13-16-19-22-25-27-29-31-33-35-36-37-39-40-42-44-46-48-51-54-57-60-63-66-72(83)78(87)80-70(71(82)65-62-59-56-53-50-24-21-18-15-12-9-6-3)69-88-79-77(76(86)75(85)73(68-81)89-79)90-74(84)67-64-61-58-55-52-49-47-45-43-41-38-34-32-30-28-26-23-20-17-14-11-8-5-2/h16,19,25,27,31,33,36-37,62,65,70-73,75-77,79,81-83,85-86H,4-15,17-18,20-24,26,28-30,32,34-35,38-61,63-64,66-69H2,1-3H3,(H,80,87)/b19-16-,27-25-,33-31-,37-36-,65-62+. The van der Waals surface area contributed by atoms with Gasteiger partial charge in [-0.15, -0.1) is 0 Å².